The molecule has 166 valence electrons. The molecule has 0 bridgehead atoms. The lowest BCUT2D eigenvalue weighted by atomic mass is 10.1. The zero-order valence-corrected chi connectivity index (χ0v) is 18.2. The van der Waals surface area contributed by atoms with Gasteiger partial charge in [-0.15, -0.1) is 0 Å². The van der Waals surface area contributed by atoms with E-state index in [4.69, 9.17) is 9.47 Å². The second kappa shape index (κ2) is 11.6. The summed E-state index contributed by atoms with van der Waals surface area (Å²) in [5, 5.41) is 8.16. The number of amides is 3. The normalized spacial score (nSPS) is 11.4. The molecule has 0 aliphatic carbocycles. The Labute approximate surface area is 182 Å². The summed E-state index contributed by atoms with van der Waals surface area (Å²) >= 11 is 0. The Kier molecular flexibility index (Phi) is 8.87. The minimum absolute atomic E-state index is 0.0470. The average molecular weight is 428 g/mol. The molecule has 2 rings (SSSR count). The van der Waals surface area contributed by atoms with Gasteiger partial charge in [0.2, 0.25) is 0 Å². The first-order chi connectivity index (χ1) is 14.8. The van der Waals surface area contributed by atoms with Crippen molar-refractivity contribution in [2.75, 3.05) is 11.9 Å². The molecule has 2 aromatic carbocycles. The summed E-state index contributed by atoms with van der Waals surface area (Å²) in [6.07, 6.45) is -0.972. The molecule has 2 aromatic rings. The average Bonchev–Trinajstić information content (AvgIpc) is 2.73. The van der Waals surface area contributed by atoms with Gasteiger partial charge < -0.3 is 25.4 Å². The van der Waals surface area contributed by atoms with Crippen molar-refractivity contribution in [3.05, 3.63) is 59.7 Å². The predicted octanol–water partition coefficient (Wildman–Crippen LogP) is 3.48. The van der Waals surface area contributed by atoms with E-state index >= 15 is 0 Å². The lowest BCUT2D eigenvalue weighted by molar-refractivity contribution is -0.123. The zero-order valence-electron chi connectivity index (χ0n) is 18.2. The molecule has 8 nitrogen and oxygen atoms in total. The van der Waals surface area contributed by atoms with Crippen LogP contribution in [0.25, 0.3) is 0 Å². The zero-order chi connectivity index (χ0) is 22.8. The van der Waals surface area contributed by atoms with Gasteiger partial charge in [0.05, 0.1) is 12.2 Å². The second-order valence-electron chi connectivity index (χ2n) is 7.17. The number of benzene rings is 2. The first kappa shape index (κ1) is 23.7. The van der Waals surface area contributed by atoms with Crippen LogP contribution >= 0.6 is 0 Å². The Morgan fingerprint density at radius 2 is 1.58 bits per heavy atom. The number of anilines is 1. The number of ether oxygens (including phenoxy) is 2. The number of rotatable bonds is 9. The molecular weight excluding hydrogens is 398 g/mol. The molecule has 0 saturated carbocycles. The van der Waals surface area contributed by atoms with Crippen molar-refractivity contribution in [1.29, 1.82) is 0 Å². The van der Waals surface area contributed by atoms with E-state index in [2.05, 4.69) is 16.0 Å². The molecule has 0 aliphatic heterocycles. The van der Waals surface area contributed by atoms with E-state index in [0.29, 0.717) is 30.2 Å². The Morgan fingerprint density at radius 3 is 2.16 bits per heavy atom. The highest BCUT2D eigenvalue weighted by Crippen LogP contribution is 2.16. The van der Waals surface area contributed by atoms with Crippen LogP contribution in [0.5, 0.6) is 5.75 Å². The number of nitrogens with one attached hydrogen (secondary N) is 3. The lowest BCUT2D eigenvalue weighted by Gasteiger charge is -2.14. The minimum atomic E-state index is -0.972. The van der Waals surface area contributed by atoms with Crippen LogP contribution in [0.15, 0.2) is 48.5 Å². The van der Waals surface area contributed by atoms with Crippen molar-refractivity contribution in [3.63, 3.8) is 0 Å². The molecule has 0 aromatic heterocycles. The molecule has 0 heterocycles. The summed E-state index contributed by atoms with van der Waals surface area (Å²) in [6, 6.07) is 13.3. The molecule has 3 amide bonds. The fraction of sp³-hybridized carbons (Fsp3) is 0.348. The van der Waals surface area contributed by atoms with E-state index in [9.17, 15) is 14.4 Å². The maximum absolute atomic E-state index is 12.3. The molecule has 0 saturated heterocycles. The summed E-state index contributed by atoms with van der Waals surface area (Å²) in [7, 11) is 0. The van der Waals surface area contributed by atoms with E-state index in [1.54, 1.807) is 48.5 Å². The van der Waals surface area contributed by atoms with Gasteiger partial charge >= 0.3 is 12.0 Å². The second-order valence-corrected chi connectivity index (χ2v) is 7.17. The first-order valence-electron chi connectivity index (χ1n) is 10.2. The van der Waals surface area contributed by atoms with Gasteiger partial charge in [0.25, 0.3) is 5.91 Å². The van der Waals surface area contributed by atoms with Gasteiger partial charge in [-0.25, -0.2) is 9.59 Å². The van der Waals surface area contributed by atoms with Crippen molar-refractivity contribution in [3.8, 4) is 5.75 Å². The van der Waals surface area contributed by atoms with Crippen LogP contribution in [-0.4, -0.2) is 36.7 Å². The SMILES string of the molecule is CCOc1ccc(NC(=O)[C@@H](C)OC(=O)c2ccc(CNC(=O)NC(C)C)cc2)cc1. The fourth-order valence-electron chi connectivity index (χ4n) is 2.58. The van der Waals surface area contributed by atoms with E-state index in [1.165, 1.54) is 6.92 Å². The van der Waals surface area contributed by atoms with Gasteiger partial charge in [0.1, 0.15) is 5.75 Å². The summed E-state index contributed by atoms with van der Waals surface area (Å²) in [4.78, 5) is 36.3. The molecule has 8 heteroatoms. The number of hydrogen-bond donors (Lipinski definition) is 3. The van der Waals surface area contributed by atoms with Crippen LogP contribution in [0.3, 0.4) is 0 Å². The minimum Gasteiger partial charge on any atom is -0.494 e. The van der Waals surface area contributed by atoms with Crippen molar-refractivity contribution < 1.29 is 23.9 Å². The first-order valence-corrected chi connectivity index (χ1v) is 10.2. The van der Waals surface area contributed by atoms with Gasteiger partial charge in [0, 0.05) is 18.3 Å². The third kappa shape index (κ3) is 8.00. The predicted molar refractivity (Wildman–Crippen MR) is 118 cm³/mol. The Morgan fingerprint density at radius 1 is 0.935 bits per heavy atom. The number of hydrogen-bond acceptors (Lipinski definition) is 5. The molecule has 1 atom stereocenters. The molecule has 3 N–H and O–H groups in total. The molecule has 0 radical (unpaired) electrons. The van der Waals surface area contributed by atoms with Gasteiger partial charge in [-0.05, 0) is 69.7 Å². The smallest absolute Gasteiger partial charge is 0.338 e. The Bertz CT molecular complexity index is 879. The highest BCUT2D eigenvalue weighted by Gasteiger charge is 2.19. The quantitative estimate of drug-likeness (QED) is 0.532. The van der Waals surface area contributed by atoms with Crippen LogP contribution in [0.1, 0.15) is 43.6 Å². The van der Waals surface area contributed by atoms with Gasteiger partial charge in [-0.3, -0.25) is 4.79 Å². The fourth-order valence-corrected chi connectivity index (χ4v) is 2.58. The lowest BCUT2D eigenvalue weighted by Crippen LogP contribution is -2.39. The molecule has 0 unspecified atom stereocenters. The summed E-state index contributed by atoms with van der Waals surface area (Å²) in [5.74, 6) is -0.333. The molecule has 0 fully saturated rings. The van der Waals surface area contributed by atoms with Crippen molar-refractivity contribution in [2.24, 2.45) is 0 Å². The number of carbonyl (C=O) groups is 3. The monoisotopic (exact) mass is 427 g/mol. The van der Waals surface area contributed by atoms with E-state index in [1.807, 2.05) is 20.8 Å². The maximum Gasteiger partial charge on any atom is 0.338 e. The van der Waals surface area contributed by atoms with Crippen molar-refractivity contribution in [1.82, 2.24) is 10.6 Å². The molecule has 31 heavy (non-hydrogen) atoms. The Balaban J connectivity index is 1.84. The van der Waals surface area contributed by atoms with E-state index in [-0.39, 0.29) is 12.1 Å². The van der Waals surface area contributed by atoms with Crippen LogP contribution in [0.4, 0.5) is 10.5 Å². The van der Waals surface area contributed by atoms with Gasteiger partial charge in [-0.2, -0.15) is 0 Å². The summed E-state index contributed by atoms with van der Waals surface area (Å²) < 4.78 is 10.6. The van der Waals surface area contributed by atoms with E-state index < -0.39 is 18.0 Å². The van der Waals surface area contributed by atoms with Crippen LogP contribution in [-0.2, 0) is 16.1 Å². The molecular formula is C23H29N3O5. The van der Waals surface area contributed by atoms with Gasteiger partial charge in [0.15, 0.2) is 6.10 Å². The van der Waals surface area contributed by atoms with E-state index in [0.717, 1.165) is 5.56 Å². The highest BCUT2D eigenvalue weighted by atomic mass is 16.5. The van der Waals surface area contributed by atoms with Crippen LogP contribution < -0.4 is 20.7 Å². The summed E-state index contributed by atoms with van der Waals surface area (Å²) in [6.45, 7) is 8.03. The maximum atomic E-state index is 12.3. The standard InChI is InChI=1S/C23H29N3O5/c1-5-30-20-12-10-19(11-13-20)26-21(27)16(4)31-22(28)18-8-6-17(7-9-18)14-24-23(29)25-15(2)3/h6-13,15-16H,5,14H2,1-4H3,(H,26,27)(H2,24,25,29)/t16-/m1/s1. The van der Waals surface area contributed by atoms with Crippen LogP contribution in [0.2, 0.25) is 0 Å². The van der Waals surface area contributed by atoms with Crippen molar-refractivity contribution >= 4 is 23.6 Å². The largest absolute Gasteiger partial charge is 0.494 e. The van der Waals surface area contributed by atoms with Gasteiger partial charge in [-0.1, -0.05) is 12.1 Å². The number of esters is 1. The topological polar surface area (TPSA) is 106 Å². The highest BCUT2D eigenvalue weighted by molar-refractivity contribution is 5.97. The summed E-state index contributed by atoms with van der Waals surface area (Å²) in [5.41, 5.74) is 1.72. The third-order valence-electron chi connectivity index (χ3n) is 4.15. The third-order valence-corrected chi connectivity index (χ3v) is 4.15. The Hall–Kier alpha value is -3.55. The molecule has 0 spiro atoms. The van der Waals surface area contributed by atoms with Crippen LogP contribution in [0, 0.1) is 0 Å². The van der Waals surface area contributed by atoms with Crippen molar-refractivity contribution in [2.45, 2.75) is 46.4 Å². The molecule has 0 aliphatic rings. The number of urea groups is 1. The number of carbonyl (C=O) groups excluding carboxylic acids is 3.